The summed E-state index contributed by atoms with van der Waals surface area (Å²) >= 11 is 1.75. The Morgan fingerprint density at radius 2 is 2.25 bits per heavy atom. The largest absolute Gasteiger partial charge is 0.335 e. The van der Waals surface area contributed by atoms with E-state index in [1.807, 2.05) is 6.26 Å². The van der Waals surface area contributed by atoms with Crippen molar-refractivity contribution < 1.29 is 4.57 Å². The molecule has 1 nitrogen and oxygen atoms in total. The van der Waals surface area contributed by atoms with Crippen LogP contribution in [0.4, 0.5) is 0 Å². The monoisotopic (exact) mass is 203 g/mol. The average Bonchev–Trinajstić information content (AvgIpc) is 2.02. The molecule has 0 amide bonds. The van der Waals surface area contributed by atoms with Gasteiger partial charge in [-0.15, -0.1) is 6.42 Å². The van der Waals surface area contributed by atoms with E-state index in [0.29, 0.717) is 0 Å². The predicted octanol–water partition coefficient (Wildman–Crippen LogP) is 2.84. The highest BCUT2D eigenvalue weighted by Crippen LogP contribution is 2.29. The molecule has 12 heavy (non-hydrogen) atoms. The summed E-state index contributed by atoms with van der Waals surface area (Å²) in [7, 11) is -1.04. The number of thioether (sulfide) groups is 1. The van der Waals surface area contributed by atoms with Gasteiger partial charge in [0.1, 0.15) is 12.8 Å². The van der Waals surface area contributed by atoms with Crippen LogP contribution in [-0.2, 0) is 4.57 Å². The summed E-state index contributed by atoms with van der Waals surface area (Å²) in [5.74, 6) is 3.74. The van der Waals surface area contributed by atoms with Crippen LogP contribution in [0.15, 0.2) is 0 Å². The highest BCUT2D eigenvalue weighted by molar-refractivity contribution is 7.98. The van der Waals surface area contributed by atoms with Gasteiger partial charge in [-0.25, -0.2) is 0 Å². The SMILES string of the molecule is C#CC(C)(CC[P+](C)=O)CSC. The highest BCUT2D eigenvalue weighted by atomic mass is 32.2. The van der Waals surface area contributed by atoms with Crippen molar-refractivity contribution >= 4 is 19.6 Å². The molecule has 0 bridgehead atoms. The Labute approximate surface area is 80.5 Å². The van der Waals surface area contributed by atoms with Gasteiger partial charge in [-0.3, -0.25) is 0 Å². The number of rotatable bonds is 5. The second-order valence-electron chi connectivity index (χ2n) is 3.24. The quantitative estimate of drug-likeness (QED) is 0.505. The van der Waals surface area contributed by atoms with Crippen LogP contribution >= 0.6 is 19.6 Å². The Hall–Kier alpha value is 0.01000. The van der Waals surface area contributed by atoms with Crippen molar-refractivity contribution in [2.45, 2.75) is 13.3 Å². The van der Waals surface area contributed by atoms with Crippen molar-refractivity contribution in [1.29, 1.82) is 0 Å². The molecule has 0 rings (SSSR count). The summed E-state index contributed by atoms with van der Waals surface area (Å²) in [4.78, 5) is 0. The molecule has 0 aromatic carbocycles. The fraction of sp³-hybridized carbons (Fsp3) is 0.778. The Morgan fingerprint density at radius 1 is 1.67 bits per heavy atom. The lowest BCUT2D eigenvalue weighted by atomic mass is 9.91. The first kappa shape index (κ1) is 12.0. The first-order chi connectivity index (χ1) is 5.54. The van der Waals surface area contributed by atoms with E-state index in [2.05, 4.69) is 12.8 Å². The van der Waals surface area contributed by atoms with Crippen LogP contribution in [0.5, 0.6) is 0 Å². The summed E-state index contributed by atoms with van der Waals surface area (Å²) in [6.07, 6.45) is 9.08. The van der Waals surface area contributed by atoms with Crippen LogP contribution in [-0.4, -0.2) is 24.8 Å². The number of hydrogen-bond donors (Lipinski definition) is 0. The number of terminal acetylenes is 1. The van der Waals surface area contributed by atoms with Gasteiger partial charge < -0.3 is 0 Å². The van der Waals surface area contributed by atoms with Crippen LogP contribution < -0.4 is 0 Å². The smallest absolute Gasteiger partial charge is 0.164 e. The molecule has 0 aliphatic rings. The molecule has 0 aromatic rings. The lowest BCUT2D eigenvalue weighted by Gasteiger charge is -2.19. The van der Waals surface area contributed by atoms with Gasteiger partial charge in [-0.2, -0.15) is 11.8 Å². The molecule has 0 saturated carbocycles. The minimum Gasteiger partial charge on any atom is -0.164 e. The second-order valence-corrected chi connectivity index (χ2v) is 5.81. The molecule has 0 aromatic heterocycles. The van der Waals surface area contributed by atoms with Crippen molar-refractivity contribution in [1.82, 2.24) is 0 Å². The topological polar surface area (TPSA) is 17.1 Å². The van der Waals surface area contributed by atoms with Gasteiger partial charge in [0.25, 0.3) is 0 Å². The van der Waals surface area contributed by atoms with E-state index < -0.39 is 7.80 Å². The molecule has 0 fully saturated rings. The van der Waals surface area contributed by atoms with Crippen molar-refractivity contribution in [2.75, 3.05) is 24.8 Å². The van der Waals surface area contributed by atoms with E-state index in [9.17, 15) is 4.57 Å². The van der Waals surface area contributed by atoms with Crippen LogP contribution in [0.3, 0.4) is 0 Å². The predicted molar refractivity (Wildman–Crippen MR) is 58.3 cm³/mol. The summed E-state index contributed by atoms with van der Waals surface area (Å²) in [6, 6.07) is 0. The van der Waals surface area contributed by atoms with Crippen LogP contribution in [0, 0.1) is 17.8 Å². The van der Waals surface area contributed by atoms with Crippen LogP contribution in [0.2, 0.25) is 0 Å². The minimum atomic E-state index is -1.04. The van der Waals surface area contributed by atoms with Gasteiger partial charge in [0.15, 0.2) is 0 Å². The molecule has 0 spiro atoms. The molecule has 0 heterocycles. The Morgan fingerprint density at radius 3 is 2.58 bits per heavy atom. The van der Waals surface area contributed by atoms with E-state index >= 15 is 0 Å². The second kappa shape index (κ2) is 5.62. The van der Waals surface area contributed by atoms with Gasteiger partial charge >= 0.3 is 7.80 Å². The Balaban J connectivity index is 3.98. The van der Waals surface area contributed by atoms with Gasteiger partial charge in [-0.05, 0) is 13.2 Å². The van der Waals surface area contributed by atoms with Crippen molar-refractivity contribution in [3.8, 4) is 12.3 Å². The summed E-state index contributed by atoms with van der Waals surface area (Å²) < 4.78 is 10.9. The normalized spacial score (nSPS) is 16.3. The van der Waals surface area contributed by atoms with Gasteiger partial charge in [0.2, 0.25) is 0 Å². The molecular weight excluding hydrogens is 187 g/mol. The maximum absolute atomic E-state index is 10.9. The molecule has 3 heteroatoms. The van der Waals surface area contributed by atoms with E-state index in [1.165, 1.54) is 0 Å². The third kappa shape index (κ3) is 4.80. The molecule has 68 valence electrons. The Bertz CT molecular complexity index is 197. The maximum Gasteiger partial charge on any atom is 0.335 e. The zero-order chi connectivity index (χ0) is 9.61. The standard InChI is InChI=1S/C9H16OPS/c1-5-9(2,8-12-4)6-7-11(3)10/h1H,6-8H2,2-4H3/q+1. The van der Waals surface area contributed by atoms with Gasteiger partial charge in [0, 0.05) is 17.6 Å². The van der Waals surface area contributed by atoms with Crippen LogP contribution in [0.1, 0.15) is 13.3 Å². The molecule has 0 N–H and O–H groups in total. The van der Waals surface area contributed by atoms with Crippen molar-refractivity contribution in [2.24, 2.45) is 5.41 Å². The molecule has 2 unspecified atom stereocenters. The fourth-order valence-corrected chi connectivity index (χ4v) is 2.58. The average molecular weight is 203 g/mol. The zero-order valence-electron chi connectivity index (χ0n) is 7.96. The lowest BCUT2D eigenvalue weighted by Crippen LogP contribution is -2.17. The summed E-state index contributed by atoms with van der Waals surface area (Å²) in [6.45, 7) is 3.81. The van der Waals surface area contributed by atoms with Gasteiger partial charge in [0.05, 0.1) is 0 Å². The van der Waals surface area contributed by atoms with Crippen molar-refractivity contribution in [3.63, 3.8) is 0 Å². The number of hydrogen-bond acceptors (Lipinski definition) is 2. The first-order valence-corrected chi connectivity index (χ1v) is 7.17. The Kier molecular flexibility index (Phi) is 5.63. The van der Waals surface area contributed by atoms with Crippen molar-refractivity contribution in [3.05, 3.63) is 0 Å². The third-order valence-electron chi connectivity index (χ3n) is 1.79. The van der Waals surface area contributed by atoms with E-state index in [4.69, 9.17) is 6.42 Å². The summed E-state index contributed by atoms with van der Waals surface area (Å²) in [5.41, 5.74) is -0.0690. The molecule has 0 saturated heterocycles. The molecule has 0 aliphatic heterocycles. The van der Waals surface area contributed by atoms with Crippen LogP contribution in [0.25, 0.3) is 0 Å². The molecule has 2 atom stereocenters. The van der Waals surface area contributed by atoms with E-state index in [-0.39, 0.29) is 5.41 Å². The third-order valence-corrected chi connectivity index (χ3v) is 3.57. The minimum absolute atomic E-state index is 0.0690. The van der Waals surface area contributed by atoms with E-state index in [1.54, 1.807) is 18.4 Å². The molecular formula is C9H16OPS+. The first-order valence-electron chi connectivity index (χ1n) is 3.89. The maximum atomic E-state index is 10.9. The summed E-state index contributed by atoms with van der Waals surface area (Å²) in [5, 5.41) is 0. The molecule has 0 radical (unpaired) electrons. The van der Waals surface area contributed by atoms with E-state index in [0.717, 1.165) is 18.3 Å². The zero-order valence-corrected chi connectivity index (χ0v) is 9.67. The lowest BCUT2D eigenvalue weighted by molar-refractivity contribution is 0.494. The molecule has 0 aliphatic carbocycles. The van der Waals surface area contributed by atoms with Gasteiger partial charge in [-0.1, -0.05) is 10.5 Å². The fourth-order valence-electron chi connectivity index (χ4n) is 0.909. The highest BCUT2D eigenvalue weighted by Gasteiger charge is 2.23.